The number of hydrogen-bond donors (Lipinski definition) is 3. The van der Waals surface area contributed by atoms with Crippen LogP contribution in [0.1, 0.15) is 33.3 Å². The second-order valence-electron chi connectivity index (χ2n) is 6.68. The molecule has 6 nitrogen and oxygen atoms in total. The van der Waals surface area contributed by atoms with Crippen LogP contribution >= 0.6 is 23.6 Å². The molecular formula is C23H22N2O4S2. The number of nitrogens with one attached hydrogen (secondary N) is 2. The summed E-state index contributed by atoms with van der Waals surface area (Å²) in [7, 11) is 0. The minimum Gasteiger partial charge on any atom is -0.481 e. The van der Waals surface area contributed by atoms with E-state index in [4.69, 9.17) is 22.1 Å². The van der Waals surface area contributed by atoms with Crippen molar-refractivity contribution < 1.29 is 19.4 Å². The second-order valence-corrected chi connectivity index (χ2v) is 8.23. The van der Waals surface area contributed by atoms with Gasteiger partial charge in [0, 0.05) is 17.0 Å². The standard InChI is InChI=1S/C23H22N2O4S2/c1-2-29-22(28)19-14-18(12-15-6-4-3-5-7-15)31-21(19)25-23(30)24-17-10-8-16(9-11-17)13-20(26)27/h3-11,14H,2,12-13H2,1H3,(H,26,27)(H2,24,25,30). The Balaban J connectivity index is 1.73. The molecule has 0 aliphatic carbocycles. The van der Waals surface area contributed by atoms with Gasteiger partial charge in [0.15, 0.2) is 5.11 Å². The van der Waals surface area contributed by atoms with Crippen molar-refractivity contribution in [3.63, 3.8) is 0 Å². The average Bonchev–Trinajstić information content (AvgIpc) is 3.12. The topological polar surface area (TPSA) is 87.7 Å². The van der Waals surface area contributed by atoms with Crippen LogP contribution in [0, 0.1) is 0 Å². The Hall–Kier alpha value is -3.23. The first-order chi connectivity index (χ1) is 14.9. The van der Waals surface area contributed by atoms with Crippen molar-refractivity contribution in [2.45, 2.75) is 19.8 Å². The highest BCUT2D eigenvalue weighted by Gasteiger charge is 2.18. The van der Waals surface area contributed by atoms with E-state index in [1.54, 1.807) is 31.2 Å². The fourth-order valence-corrected chi connectivity index (χ4v) is 4.29. The maximum Gasteiger partial charge on any atom is 0.341 e. The number of benzene rings is 2. The monoisotopic (exact) mass is 454 g/mol. The van der Waals surface area contributed by atoms with Crippen LogP contribution < -0.4 is 10.6 Å². The summed E-state index contributed by atoms with van der Waals surface area (Å²) in [4.78, 5) is 24.2. The predicted octanol–water partition coefficient (Wildman–Crippen LogP) is 4.95. The Labute approximate surface area is 189 Å². The van der Waals surface area contributed by atoms with Gasteiger partial charge >= 0.3 is 11.9 Å². The summed E-state index contributed by atoms with van der Waals surface area (Å²) in [5.74, 6) is -1.28. The van der Waals surface area contributed by atoms with E-state index < -0.39 is 11.9 Å². The molecule has 0 unspecified atom stereocenters. The highest BCUT2D eigenvalue weighted by Crippen LogP contribution is 2.31. The minimum absolute atomic E-state index is 0.0364. The largest absolute Gasteiger partial charge is 0.481 e. The highest BCUT2D eigenvalue weighted by atomic mass is 32.1. The van der Waals surface area contributed by atoms with Crippen LogP contribution in [0.5, 0.6) is 0 Å². The summed E-state index contributed by atoms with van der Waals surface area (Å²) >= 11 is 6.86. The molecule has 2 aromatic carbocycles. The molecular weight excluding hydrogens is 432 g/mol. The van der Waals surface area contributed by atoms with Gasteiger partial charge in [-0.25, -0.2) is 4.79 Å². The minimum atomic E-state index is -0.881. The fourth-order valence-electron chi connectivity index (χ4n) is 2.93. The maximum atomic E-state index is 12.4. The van der Waals surface area contributed by atoms with Gasteiger partial charge in [-0.2, -0.15) is 0 Å². The van der Waals surface area contributed by atoms with E-state index in [1.165, 1.54) is 11.3 Å². The van der Waals surface area contributed by atoms with Crippen molar-refractivity contribution in [1.29, 1.82) is 0 Å². The Morgan fingerprint density at radius 1 is 1.03 bits per heavy atom. The van der Waals surface area contributed by atoms with E-state index in [1.807, 2.05) is 36.4 Å². The van der Waals surface area contributed by atoms with Crippen molar-refractivity contribution in [3.05, 3.63) is 82.2 Å². The van der Waals surface area contributed by atoms with E-state index in [-0.39, 0.29) is 13.0 Å². The zero-order valence-electron chi connectivity index (χ0n) is 16.9. The first kappa shape index (κ1) is 22.5. The lowest BCUT2D eigenvalue weighted by Gasteiger charge is -2.11. The lowest BCUT2D eigenvalue weighted by Crippen LogP contribution is -2.20. The van der Waals surface area contributed by atoms with Gasteiger partial charge in [0.05, 0.1) is 18.6 Å². The molecule has 0 aliphatic heterocycles. The van der Waals surface area contributed by atoms with Gasteiger partial charge in [-0.15, -0.1) is 11.3 Å². The van der Waals surface area contributed by atoms with Crippen molar-refractivity contribution in [1.82, 2.24) is 0 Å². The van der Waals surface area contributed by atoms with Crippen LogP contribution in [0.15, 0.2) is 60.7 Å². The third-order valence-electron chi connectivity index (χ3n) is 4.29. The van der Waals surface area contributed by atoms with Crippen molar-refractivity contribution >= 4 is 51.3 Å². The molecule has 0 atom stereocenters. The third-order valence-corrected chi connectivity index (χ3v) is 5.55. The molecule has 3 aromatic rings. The molecule has 8 heteroatoms. The quantitative estimate of drug-likeness (QED) is 0.328. The third kappa shape index (κ3) is 6.63. The number of carboxylic acid groups (broad SMARTS) is 1. The van der Waals surface area contributed by atoms with Crippen LogP contribution in [-0.4, -0.2) is 28.8 Å². The number of aliphatic carboxylic acids is 1. The molecule has 0 bridgehead atoms. The van der Waals surface area contributed by atoms with E-state index in [2.05, 4.69) is 10.6 Å². The lowest BCUT2D eigenvalue weighted by atomic mass is 10.1. The molecule has 0 amide bonds. The maximum absolute atomic E-state index is 12.4. The van der Waals surface area contributed by atoms with Crippen molar-refractivity contribution in [2.75, 3.05) is 17.2 Å². The van der Waals surface area contributed by atoms with Gasteiger partial charge in [0.2, 0.25) is 0 Å². The van der Waals surface area contributed by atoms with Crippen LogP contribution in [-0.2, 0) is 22.4 Å². The molecule has 0 aliphatic rings. The lowest BCUT2D eigenvalue weighted by molar-refractivity contribution is -0.136. The van der Waals surface area contributed by atoms with Crippen molar-refractivity contribution in [3.8, 4) is 0 Å². The number of anilines is 2. The number of ether oxygens (including phenoxy) is 1. The van der Waals surface area contributed by atoms with Crippen LogP contribution in [0.3, 0.4) is 0 Å². The summed E-state index contributed by atoms with van der Waals surface area (Å²) in [5, 5.41) is 16.0. The molecule has 160 valence electrons. The van der Waals surface area contributed by atoms with E-state index in [9.17, 15) is 9.59 Å². The number of thiocarbonyl (C=S) groups is 1. The van der Waals surface area contributed by atoms with Crippen molar-refractivity contribution in [2.24, 2.45) is 0 Å². The summed E-state index contributed by atoms with van der Waals surface area (Å²) in [5.41, 5.74) is 3.00. The normalized spacial score (nSPS) is 10.4. The predicted molar refractivity (Wildman–Crippen MR) is 127 cm³/mol. The number of carbonyl (C=O) groups is 2. The summed E-state index contributed by atoms with van der Waals surface area (Å²) in [6, 6.07) is 18.8. The fraction of sp³-hybridized carbons (Fsp3) is 0.174. The SMILES string of the molecule is CCOC(=O)c1cc(Cc2ccccc2)sc1NC(=S)Nc1ccc(CC(=O)O)cc1. The zero-order chi connectivity index (χ0) is 22.2. The number of hydrogen-bond acceptors (Lipinski definition) is 5. The molecule has 0 radical (unpaired) electrons. The smallest absolute Gasteiger partial charge is 0.341 e. The van der Waals surface area contributed by atoms with Gasteiger partial charge < -0.3 is 20.5 Å². The summed E-state index contributed by atoms with van der Waals surface area (Å²) < 4.78 is 5.19. The van der Waals surface area contributed by atoms with Crippen LogP contribution in [0.4, 0.5) is 10.7 Å². The average molecular weight is 455 g/mol. The van der Waals surface area contributed by atoms with Crippen LogP contribution in [0.2, 0.25) is 0 Å². The molecule has 0 fully saturated rings. The molecule has 1 heterocycles. The molecule has 0 spiro atoms. The van der Waals surface area contributed by atoms with E-state index in [0.29, 0.717) is 33.3 Å². The Morgan fingerprint density at radius 3 is 2.39 bits per heavy atom. The van der Waals surface area contributed by atoms with Gasteiger partial charge in [0.25, 0.3) is 0 Å². The number of carboxylic acids is 1. The first-order valence-corrected chi connectivity index (χ1v) is 10.9. The number of rotatable bonds is 8. The van der Waals surface area contributed by atoms with E-state index in [0.717, 1.165) is 10.4 Å². The van der Waals surface area contributed by atoms with Gasteiger partial charge in [0.1, 0.15) is 5.00 Å². The molecule has 1 aromatic heterocycles. The molecule has 0 saturated heterocycles. The summed E-state index contributed by atoms with van der Waals surface area (Å²) in [6.45, 7) is 2.05. The Morgan fingerprint density at radius 2 is 1.74 bits per heavy atom. The molecule has 0 saturated carbocycles. The number of thiophene rings is 1. The highest BCUT2D eigenvalue weighted by molar-refractivity contribution is 7.80. The Kier molecular flexibility index (Phi) is 7.75. The van der Waals surface area contributed by atoms with Gasteiger partial charge in [-0.1, -0.05) is 42.5 Å². The van der Waals surface area contributed by atoms with Gasteiger partial charge in [-0.05, 0) is 48.5 Å². The second kappa shape index (κ2) is 10.7. The Bertz CT molecular complexity index is 1060. The molecule has 3 N–H and O–H groups in total. The molecule has 31 heavy (non-hydrogen) atoms. The number of esters is 1. The van der Waals surface area contributed by atoms with Crippen LogP contribution in [0.25, 0.3) is 0 Å². The van der Waals surface area contributed by atoms with E-state index >= 15 is 0 Å². The summed E-state index contributed by atoms with van der Waals surface area (Å²) in [6.07, 6.45) is 0.663. The first-order valence-electron chi connectivity index (χ1n) is 9.67. The molecule has 3 rings (SSSR count). The van der Waals surface area contributed by atoms with Gasteiger partial charge in [-0.3, -0.25) is 4.79 Å². The number of carbonyl (C=O) groups excluding carboxylic acids is 1. The zero-order valence-corrected chi connectivity index (χ0v) is 18.5.